The lowest BCUT2D eigenvalue weighted by Crippen LogP contribution is -2.45. The number of rotatable bonds is 5. The first-order valence-corrected chi connectivity index (χ1v) is 11.0. The van der Waals surface area contributed by atoms with Gasteiger partial charge in [-0.15, -0.1) is 0 Å². The van der Waals surface area contributed by atoms with E-state index in [1.165, 1.54) is 5.56 Å². The molecule has 29 heavy (non-hydrogen) atoms. The van der Waals surface area contributed by atoms with Crippen molar-refractivity contribution in [1.82, 2.24) is 15.2 Å². The lowest BCUT2D eigenvalue weighted by atomic mass is 10.0. The average Bonchev–Trinajstić information content (AvgIpc) is 2.73. The number of aryl methyl sites for hydroxylation is 1. The van der Waals surface area contributed by atoms with Crippen molar-refractivity contribution in [1.29, 1.82) is 0 Å². The zero-order chi connectivity index (χ0) is 20.2. The van der Waals surface area contributed by atoms with Crippen LogP contribution in [0.15, 0.2) is 59.1 Å². The van der Waals surface area contributed by atoms with E-state index < -0.39 is 0 Å². The topological polar surface area (TPSA) is 45.2 Å². The summed E-state index contributed by atoms with van der Waals surface area (Å²) in [5.74, 6) is 0.00515. The Kier molecular flexibility index (Phi) is 6.26. The smallest absolute Gasteiger partial charge is 0.252 e. The Hall–Kier alpha value is -2.24. The van der Waals surface area contributed by atoms with Gasteiger partial charge in [-0.25, -0.2) is 0 Å². The van der Waals surface area contributed by atoms with Crippen LogP contribution in [-0.2, 0) is 6.42 Å². The zero-order valence-corrected chi connectivity index (χ0v) is 18.3. The van der Waals surface area contributed by atoms with Crippen LogP contribution in [-0.4, -0.2) is 41.5 Å². The number of benzene rings is 2. The van der Waals surface area contributed by atoms with Crippen LogP contribution in [0.2, 0.25) is 0 Å². The molecule has 0 saturated carbocycles. The molecule has 1 amide bonds. The van der Waals surface area contributed by atoms with Gasteiger partial charge in [-0.3, -0.25) is 9.78 Å². The highest BCUT2D eigenvalue weighted by atomic mass is 79.9. The molecule has 0 bridgehead atoms. The minimum Gasteiger partial charge on any atom is -0.349 e. The predicted octanol–water partition coefficient (Wildman–Crippen LogP) is 4.74. The van der Waals surface area contributed by atoms with Crippen molar-refractivity contribution in [3.63, 3.8) is 0 Å². The minimum atomic E-state index is 0.00515. The van der Waals surface area contributed by atoms with Crippen LogP contribution in [0, 0.1) is 6.92 Å². The molecule has 0 spiro atoms. The number of carbonyl (C=O) groups is 1. The largest absolute Gasteiger partial charge is 0.349 e. The molecule has 1 aliphatic rings. The maximum atomic E-state index is 13.0. The van der Waals surface area contributed by atoms with Gasteiger partial charge < -0.3 is 10.2 Å². The van der Waals surface area contributed by atoms with Crippen LogP contribution >= 0.6 is 15.9 Å². The number of pyridine rings is 1. The number of fused-ring (bicyclic) bond motifs is 1. The third-order valence-corrected chi connectivity index (χ3v) is 6.12. The Morgan fingerprint density at radius 1 is 1.14 bits per heavy atom. The van der Waals surface area contributed by atoms with Crippen LogP contribution in [0.4, 0.5) is 0 Å². The van der Waals surface area contributed by atoms with Gasteiger partial charge in [0.1, 0.15) is 0 Å². The lowest BCUT2D eigenvalue weighted by molar-refractivity contribution is 0.0913. The molecule has 1 N–H and O–H groups in total. The van der Waals surface area contributed by atoms with Crippen molar-refractivity contribution >= 4 is 32.7 Å². The summed E-state index contributed by atoms with van der Waals surface area (Å²) in [7, 11) is 0. The molecule has 0 atom stereocenters. The van der Waals surface area contributed by atoms with Gasteiger partial charge >= 0.3 is 0 Å². The van der Waals surface area contributed by atoms with Gasteiger partial charge in [0.25, 0.3) is 5.91 Å². The molecule has 0 aliphatic carbocycles. The molecule has 1 aliphatic heterocycles. The normalized spacial score (nSPS) is 15.5. The molecule has 1 fully saturated rings. The average molecular weight is 452 g/mol. The molecule has 2 aromatic carbocycles. The molecular formula is C24H26BrN3O. The van der Waals surface area contributed by atoms with Crippen LogP contribution in [0.25, 0.3) is 10.9 Å². The Balaban J connectivity index is 1.35. The number of hydrogen-bond acceptors (Lipinski definition) is 3. The van der Waals surface area contributed by atoms with E-state index in [0.717, 1.165) is 60.0 Å². The van der Waals surface area contributed by atoms with Crippen LogP contribution in [0.5, 0.6) is 0 Å². The minimum absolute atomic E-state index is 0.00515. The van der Waals surface area contributed by atoms with Gasteiger partial charge in [0, 0.05) is 41.2 Å². The highest BCUT2D eigenvalue weighted by Crippen LogP contribution is 2.23. The second-order valence-electron chi connectivity index (χ2n) is 7.80. The molecule has 4 nitrogen and oxygen atoms in total. The van der Waals surface area contributed by atoms with E-state index in [1.807, 2.05) is 31.2 Å². The summed E-state index contributed by atoms with van der Waals surface area (Å²) in [5.41, 5.74) is 3.80. The number of halogens is 1. The number of piperidine rings is 1. The number of carbonyl (C=O) groups excluding carboxylic acids is 1. The van der Waals surface area contributed by atoms with E-state index in [1.54, 1.807) is 0 Å². The van der Waals surface area contributed by atoms with E-state index in [9.17, 15) is 4.79 Å². The Morgan fingerprint density at radius 2 is 1.90 bits per heavy atom. The molecule has 4 rings (SSSR count). The van der Waals surface area contributed by atoms with E-state index in [4.69, 9.17) is 0 Å². The second-order valence-corrected chi connectivity index (χ2v) is 8.71. The zero-order valence-electron chi connectivity index (χ0n) is 16.7. The van der Waals surface area contributed by atoms with Crippen LogP contribution < -0.4 is 5.32 Å². The molecule has 3 aromatic rings. The van der Waals surface area contributed by atoms with Gasteiger partial charge in [-0.05, 0) is 49.9 Å². The molecule has 2 heterocycles. The van der Waals surface area contributed by atoms with Crippen molar-refractivity contribution in [2.75, 3.05) is 19.6 Å². The Labute approximate surface area is 180 Å². The van der Waals surface area contributed by atoms with Crippen molar-refractivity contribution in [2.24, 2.45) is 0 Å². The molecule has 0 unspecified atom stereocenters. The fourth-order valence-electron chi connectivity index (χ4n) is 4.02. The molecule has 1 aromatic heterocycles. The number of amides is 1. The third kappa shape index (κ3) is 5.03. The summed E-state index contributed by atoms with van der Waals surface area (Å²) in [6, 6.07) is 18.6. The van der Waals surface area contributed by atoms with Gasteiger partial charge in [0.15, 0.2) is 0 Å². The van der Waals surface area contributed by atoms with Crippen molar-refractivity contribution in [3.8, 4) is 0 Å². The summed E-state index contributed by atoms with van der Waals surface area (Å²) < 4.78 is 0.970. The van der Waals surface area contributed by atoms with Crippen molar-refractivity contribution < 1.29 is 4.79 Å². The maximum Gasteiger partial charge on any atom is 0.252 e. The fourth-order valence-corrected chi connectivity index (χ4v) is 4.37. The molecule has 5 heteroatoms. The second kappa shape index (κ2) is 9.06. The van der Waals surface area contributed by atoms with Gasteiger partial charge in [-0.2, -0.15) is 0 Å². The van der Waals surface area contributed by atoms with Gasteiger partial charge in [-0.1, -0.05) is 52.3 Å². The Bertz CT molecular complexity index is 992. The van der Waals surface area contributed by atoms with E-state index in [2.05, 4.69) is 61.5 Å². The number of aromatic nitrogens is 1. The van der Waals surface area contributed by atoms with Crippen molar-refractivity contribution in [3.05, 3.63) is 75.9 Å². The summed E-state index contributed by atoms with van der Waals surface area (Å²) in [5, 5.41) is 4.16. The highest BCUT2D eigenvalue weighted by molar-refractivity contribution is 9.10. The van der Waals surface area contributed by atoms with Gasteiger partial charge in [0.2, 0.25) is 0 Å². The van der Waals surface area contributed by atoms with E-state index in [-0.39, 0.29) is 11.9 Å². The van der Waals surface area contributed by atoms with E-state index in [0.29, 0.717) is 5.56 Å². The number of nitrogens with zero attached hydrogens (tertiary/aromatic N) is 2. The summed E-state index contributed by atoms with van der Waals surface area (Å²) in [6.07, 6.45) is 3.07. The highest BCUT2D eigenvalue weighted by Gasteiger charge is 2.22. The van der Waals surface area contributed by atoms with Crippen LogP contribution in [0.3, 0.4) is 0 Å². The van der Waals surface area contributed by atoms with Crippen molar-refractivity contribution in [2.45, 2.75) is 32.2 Å². The molecule has 0 radical (unpaired) electrons. The first-order chi connectivity index (χ1) is 14.1. The first kappa shape index (κ1) is 20.0. The predicted molar refractivity (Wildman–Crippen MR) is 121 cm³/mol. The van der Waals surface area contributed by atoms with E-state index >= 15 is 0 Å². The number of likely N-dealkylation sites (tertiary alicyclic amines) is 1. The monoisotopic (exact) mass is 451 g/mol. The summed E-state index contributed by atoms with van der Waals surface area (Å²) in [4.78, 5) is 20.1. The molecule has 1 saturated heterocycles. The quantitative estimate of drug-likeness (QED) is 0.608. The summed E-state index contributed by atoms with van der Waals surface area (Å²) in [6.45, 7) is 5.07. The first-order valence-electron chi connectivity index (χ1n) is 10.2. The molecule has 150 valence electrons. The number of nitrogens with one attached hydrogen (secondary N) is 1. The molecular weight excluding hydrogens is 426 g/mol. The van der Waals surface area contributed by atoms with Crippen LogP contribution in [0.1, 0.15) is 34.5 Å². The summed E-state index contributed by atoms with van der Waals surface area (Å²) >= 11 is 3.49. The SMILES string of the molecule is Cc1cc(C(=O)NC2CCN(CCc3ccccc3)CC2)c2ccc(Br)cc2n1. The maximum absolute atomic E-state index is 13.0. The fraction of sp³-hybridized carbons (Fsp3) is 0.333. The lowest BCUT2D eigenvalue weighted by Gasteiger charge is -2.32. The third-order valence-electron chi connectivity index (χ3n) is 5.63. The Morgan fingerprint density at radius 3 is 2.66 bits per heavy atom. The standard InChI is InChI=1S/C24H26BrN3O/c1-17-15-22(21-8-7-19(25)16-23(21)26-17)24(29)27-20-10-13-28(14-11-20)12-9-18-5-3-2-4-6-18/h2-8,15-16,20H,9-14H2,1H3,(H,27,29). The van der Waals surface area contributed by atoms with Gasteiger partial charge in [0.05, 0.1) is 11.1 Å². The number of hydrogen-bond donors (Lipinski definition) is 1.